The Morgan fingerprint density at radius 1 is 0.875 bits per heavy atom. The van der Waals surface area contributed by atoms with Crippen LogP contribution in [0.15, 0.2) is 66.7 Å². The Morgan fingerprint density at radius 3 is 2.27 bits per heavy atom. The van der Waals surface area contributed by atoms with Crippen molar-refractivity contribution in [2.75, 3.05) is 26.2 Å². The van der Waals surface area contributed by atoms with Gasteiger partial charge in [0.2, 0.25) is 5.91 Å². The van der Waals surface area contributed by atoms with E-state index in [1.165, 1.54) is 12.1 Å². The van der Waals surface area contributed by atoms with Gasteiger partial charge in [-0.3, -0.25) is 19.1 Å². The molecule has 2 amide bonds. The summed E-state index contributed by atoms with van der Waals surface area (Å²) in [6, 6.07) is 17.5. The number of halogens is 3. The lowest BCUT2D eigenvalue weighted by atomic mass is 10.0. The predicted molar refractivity (Wildman–Crippen MR) is 141 cm³/mol. The van der Waals surface area contributed by atoms with E-state index in [1.807, 2.05) is 25.1 Å². The number of carbonyl (C=O) groups is 3. The van der Waals surface area contributed by atoms with Crippen LogP contribution in [0.3, 0.4) is 0 Å². The van der Waals surface area contributed by atoms with Crippen molar-refractivity contribution in [2.45, 2.75) is 26.1 Å². The molecule has 8 nitrogen and oxygen atoms in total. The second-order valence-electron chi connectivity index (χ2n) is 9.64. The Kier molecular flexibility index (Phi) is 7.38. The number of rotatable bonds is 6. The summed E-state index contributed by atoms with van der Waals surface area (Å²) in [6.45, 7) is 3.57. The fraction of sp³-hybridized carbons (Fsp3) is 0.276. The Morgan fingerprint density at radius 2 is 1.57 bits per heavy atom. The molecule has 1 aliphatic rings. The molecule has 0 spiro atoms. The van der Waals surface area contributed by atoms with Crippen molar-refractivity contribution in [1.82, 2.24) is 24.6 Å². The maximum atomic E-state index is 13.0. The topological polar surface area (TPSA) is 88.4 Å². The van der Waals surface area contributed by atoms with E-state index < -0.39 is 17.7 Å². The number of alkyl halides is 3. The van der Waals surface area contributed by atoms with Gasteiger partial charge in [0.25, 0.3) is 5.91 Å². The van der Waals surface area contributed by atoms with Gasteiger partial charge in [-0.05, 0) is 48.9 Å². The summed E-state index contributed by atoms with van der Waals surface area (Å²) in [4.78, 5) is 45.3. The smallest absolute Gasteiger partial charge is 0.338 e. The van der Waals surface area contributed by atoms with E-state index in [9.17, 15) is 27.6 Å². The van der Waals surface area contributed by atoms with Crippen LogP contribution < -0.4 is 0 Å². The first-order valence-corrected chi connectivity index (χ1v) is 12.8. The molecule has 3 heterocycles. The number of hydrogen-bond acceptors (Lipinski definition) is 5. The first kappa shape index (κ1) is 27.0. The van der Waals surface area contributed by atoms with Gasteiger partial charge < -0.3 is 9.80 Å². The van der Waals surface area contributed by atoms with Crippen LogP contribution in [-0.4, -0.2) is 68.3 Å². The number of carbonyl (C=O) groups excluding carboxylic acids is 3. The number of pyridine rings is 1. The van der Waals surface area contributed by atoms with Crippen molar-refractivity contribution in [3.05, 3.63) is 94.9 Å². The number of nitrogens with zero attached hydrogens (tertiary/aromatic N) is 5. The van der Waals surface area contributed by atoms with E-state index in [0.717, 1.165) is 17.1 Å². The fourth-order valence-electron chi connectivity index (χ4n) is 4.74. The van der Waals surface area contributed by atoms with E-state index in [2.05, 4.69) is 10.1 Å². The Bertz CT molecular complexity index is 1580. The van der Waals surface area contributed by atoms with Gasteiger partial charge >= 0.3 is 6.18 Å². The van der Waals surface area contributed by atoms with E-state index >= 15 is 0 Å². The van der Waals surface area contributed by atoms with E-state index in [0.29, 0.717) is 42.8 Å². The number of ketones is 1. The molecule has 4 aromatic rings. The molecule has 1 saturated heterocycles. The molecule has 0 aliphatic carbocycles. The van der Waals surface area contributed by atoms with E-state index in [1.54, 1.807) is 44.8 Å². The number of aryl methyl sites for hydroxylation is 1. The molecule has 5 rings (SSSR count). The third-order valence-electron chi connectivity index (χ3n) is 6.98. The lowest BCUT2D eigenvalue weighted by Gasteiger charge is -2.34. The second kappa shape index (κ2) is 10.9. The maximum Gasteiger partial charge on any atom is 0.433 e. The van der Waals surface area contributed by atoms with Gasteiger partial charge in [0, 0.05) is 49.2 Å². The zero-order chi connectivity index (χ0) is 28.4. The molecular weight excluding hydrogens is 523 g/mol. The molecule has 0 N–H and O–H groups in total. The fourth-order valence-corrected chi connectivity index (χ4v) is 4.74. The molecule has 1 fully saturated rings. The van der Waals surface area contributed by atoms with Crippen LogP contribution >= 0.6 is 0 Å². The van der Waals surface area contributed by atoms with Crippen LogP contribution in [0, 0.1) is 6.92 Å². The van der Waals surface area contributed by atoms with Gasteiger partial charge in [-0.25, -0.2) is 4.98 Å². The highest BCUT2D eigenvalue weighted by Crippen LogP contribution is 2.28. The summed E-state index contributed by atoms with van der Waals surface area (Å²) in [7, 11) is 0. The largest absolute Gasteiger partial charge is 0.433 e. The number of aromatic nitrogens is 3. The van der Waals surface area contributed by atoms with E-state index in [4.69, 9.17) is 0 Å². The highest BCUT2D eigenvalue weighted by atomic mass is 19.4. The quantitative estimate of drug-likeness (QED) is 0.337. The first-order chi connectivity index (χ1) is 19.1. The maximum absolute atomic E-state index is 13.0. The highest BCUT2D eigenvalue weighted by Gasteiger charge is 2.33. The van der Waals surface area contributed by atoms with Crippen molar-refractivity contribution in [3.8, 4) is 0 Å². The van der Waals surface area contributed by atoms with Crippen LogP contribution in [0.25, 0.3) is 10.9 Å². The highest BCUT2D eigenvalue weighted by molar-refractivity contribution is 5.96. The van der Waals surface area contributed by atoms with Crippen molar-refractivity contribution in [3.63, 3.8) is 0 Å². The van der Waals surface area contributed by atoms with E-state index in [-0.39, 0.29) is 30.5 Å². The van der Waals surface area contributed by atoms with Crippen LogP contribution in [0.2, 0.25) is 0 Å². The third kappa shape index (κ3) is 5.73. The van der Waals surface area contributed by atoms with Gasteiger partial charge in [0.05, 0.1) is 5.52 Å². The lowest BCUT2D eigenvalue weighted by Crippen LogP contribution is -2.51. The first-order valence-electron chi connectivity index (χ1n) is 12.8. The predicted octanol–water partition coefficient (Wildman–Crippen LogP) is 4.17. The minimum atomic E-state index is -4.63. The third-order valence-corrected chi connectivity index (χ3v) is 6.98. The molecule has 0 bridgehead atoms. The summed E-state index contributed by atoms with van der Waals surface area (Å²) in [6.07, 6.45) is -4.76. The molecule has 1 aliphatic heterocycles. The molecule has 0 saturated carbocycles. The normalized spacial score (nSPS) is 14.0. The molecule has 2 aromatic carbocycles. The van der Waals surface area contributed by atoms with Crippen molar-refractivity contribution in [1.29, 1.82) is 0 Å². The monoisotopic (exact) mass is 549 g/mol. The van der Waals surface area contributed by atoms with Crippen LogP contribution in [0.5, 0.6) is 0 Å². The molecule has 0 radical (unpaired) electrons. The number of piperazine rings is 1. The van der Waals surface area contributed by atoms with Gasteiger partial charge in [-0.2, -0.15) is 18.3 Å². The lowest BCUT2D eigenvalue weighted by molar-refractivity contribution is -0.141. The number of amides is 2. The van der Waals surface area contributed by atoms with Gasteiger partial charge in [-0.1, -0.05) is 30.3 Å². The number of fused-ring (bicyclic) bond motifs is 1. The Balaban J connectivity index is 1.23. The standard InChI is InChI=1S/C29H26F3N5O3/c1-19-22-16-20(17-25(38)24-8-5-9-26(33-24)29(30,31)32)10-11-23(22)34-37(19)18-27(39)35-12-14-36(15-13-35)28(40)21-6-3-2-4-7-21/h2-11,16H,12-15,17-18H2,1H3. The summed E-state index contributed by atoms with van der Waals surface area (Å²) in [5.41, 5.74) is 1.22. The summed E-state index contributed by atoms with van der Waals surface area (Å²) >= 11 is 0. The average molecular weight is 550 g/mol. The van der Waals surface area contributed by atoms with Crippen LogP contribution in [0.4, 0.5) is 13.2 Å². The zero-order valence-electron chi connectivity index (χ0n) is 21.7. The molecule has 11 heteroatoms. The summed E-state index contributed by atoms with van der Waals surface area (Å²) in [5.74, 6) is -0.704. The van der Waals surface area contributed by atoms with Gasteiger partial charge in [0.1, 0.15) is 17.9 Å². The van der Waals surface area contributed by atoms with Crippen molar-refractivity contribution in [2.24, 2.45) is 0 Å². The number of benzene rings is 2. The van der Waals surface area contributed by atoms with Gasteiger partial charge in [-0.15, -0.1) is 0 Å². The second-order valence-corrected chi connectivity index (χ2v) is 9.64. The van der Waals surface area contributed by atoms with Crippen LogP contribution in [-0.2, 0) is 23.9 Å². The number of Topliss-reactive ketones (excluding diaryl/α,β-unsaturated/α-hetero) is 1. The molecule has 2 aromatic heterocycles. The Labute approximate surface area is 228 Å². The minimum Gasteiger partial charge on any atom is -0.338 e. The van der Waals surface area contributed by atoms with Gasteiger partial charge in [0.15, 0.2) is 5.78 Å². The van der Waals surface area contributed by atoms with Crippen molar-refractivity contribution < 1.29 is 27.6 Å². The average Bonchev–Trinajstić information content (AvgIpc) is 3.27. The molecule has 0 atom stereocenters. The summed E-state index contributed by atoms with van der Waals surface area (Å²) in [5, 5.41) is 5.27. The zero-order valence-corrected chi connectivity index (χ0v) is 21.7. The van der Waals surface area contributed by atoms with Crippen LogP contribution in [0.1, 0.15) is 37.8 Å². The minimum absolute atomic E-state index is 0.0234. The SMILES string of the molecule is Cc1c2cc(CC(=O)c3cccc(C(F)(F)F)n3)ccc2nn1CC(=O)N1CCN(C(=O)c2ccccc2)CC1. The summed E-state index contributed by atoms with van der Waals surface area (Å²) < 4.78 is 40.5. The molecule has 206 valence electrons. The Hall–Kier alpha value is -4.54. The van der Waals surface area contributed by atoms with Crippen molar-refractivity contribution >= 4 is 28.5 Å². The molecule has 40 heavy (non-hydrogen) atoms. The molecule has 0 unspecified atom stereocenters. The molecular formula is C29H26F3N5O3. The number of hydrogen-bond donors (Lipinski definition) is 0.